The molecule has 20 heavy (non-hydrogen) atoms. The van der Waals surface area contributed by atoms with Gasteiger partial charge < -0.3 is 9.22 Å². The fourth-order valence-electron chi connectivity index (χ4n) is 4.73. The van der Waals surface area contributed by atoms with Gasteiger partial charge in [0.15, 0.2) is 0 Å². The number of quaternary nitrogens is 1. The van der Waals surface area contributed by atoms with E-state index in [0.717, 1.165) is 23.6 Å². The molecule has 0 N–H and O–H groups in total. The highest BCUT2D eigenvalue weighted by molar-refractivity contribution is 5.24. The summed E-state index contributed by atoms with van der Waals surface area (Å²) in [6.07, 6.45) is 6.51. The van der Waals surface area contributed by atoms with Gasteiger partial charge in [-0.15, -0.1) is 0 Å². The van der Waals surface area contributed by atoms with Crippen LogP contribution in [0, 0.1) is 23.7 Å². The van der Waals surface area contributed by atoms with E-state index < -0.39 is 0 Å². The van der Waals surface area contributed by atoms with Crippen molar-refractivity contribution < 1.29 is 9.22 Å². The van der Waals surface area contributed by atoms with Crippen LogP contribution in [0.15, 0.2) is 23.3 Å². The quantitative estimate of drug-likeness (QED) is 0.528. The molecular weight excluding hydrogens is 246 g/mol. The first-order valence-corrected chi connectivity index (χ1v) is 8.20. The average Bonchev–Trinajstić information content (AvgIpc) is 2.34. The van der Waals surface area contributed by atoms with E-state index in [1.165, 1.54) is 13.0 Å². The summed E-state index contributed by atoms with van der Waals surface area (Å²) in [6, 6.07) is 0. The minimum absolute atomic E-state index is 0.336. The van der Waals surface area contributed by atoms with Crippen molar-refractivity contribution in [1.29, 1.82) is 0 Å². The normalized spacial score (nSPS) is 43.8. The highest BCUT2D eigenvalue weighted by atomic mass is 16.5. The number of ether oxygens (including phenoxy) is 1. The van der Waals surface area contributed by atoms with Crippen LogP contribution in [0.25, 0.3) is 0 Å². The Bertz CT molecular complexity index is 448. The number of fused-ring (bicyclic) bond motifs is 2. The minimum Gasteiger partial charge on any atom is -0.373 e. The van der Waals surface area contributed by atoms with Crippen molar-refractivity contribution in [2.45, 2.75) is 33.3 Å². The van der Waals surface area contributed by atoms with Crippen LogP contribution in [0.4, 0.5) is 0 Å². The van der Waals surface area contributed by atoms with Crippen LogP contribution in [0.1, 0.15) is 27.2 Å². The summed E-state index contributed by atoms with van der Waals surface area (Å²) >= 11 is 0. The van der Waals surface area contributed by atoms with E-state index in [4.69, 9.17) is 4.74 Å². The van der Waals surface area contributed by atoms with Crippen LogP contribution >= 0.6 is 0 Å². The van der Waals surface area contributed by atoms with Crippen LogP contribution in [0.2, 0.25) is 0 Å². The highest BCUT2D eigenvalue weighted by Gasteiger charge is 2.45. The first-order valence-electron chi connectivity index (χ1n) is 8.20. The summed E-state index contributed by atoms with van der Waals surface area (Å²) in [5, 5.41) is 0. The Labute approximate surface area is 124 Å². The summed E-state index contributed by atoms with van der Waals surface area (Å²) in [5.41, 5.74) is 3.11. The number of likely N-dealkylation sites (N-methyl/N-ethyl adjacent to an activating group) is 1. The summed E-state index contributed by atoms with van der Waals surface area (Å²) in [4.78, 5) is 0. The summed E-state index contributed by atoms with van der Waals surface area (Å²) in [7, 11) is 4.68. The van der Waals surface area contributed by atoms with E-state index in [0.29, 0.717) is 23.9 Å². The number of allylic oxidation sites excluding steroid dienone is 1. The van der Waals surface area contributed by atoms with Crippen molar-refractivity contribution in [3.05, 3.63) is 23.3 Å². The van der Waals surface area contributed by atoms with Gasteiger partial charge in [-0.05, 0) is 24.7 Å². The molecule has 0 amide bonds. The molecule has 3 rings (SSSR count). The molecule has 2 bridgehead atoms. The lowest BCUT2D eigenvalue weighted by molar-refractivity contribution is -0.887. The van der Waals surface area contributed by atoms with Crippen molar-refractivity contribution in [2.75, 3.05) is 33.8 Å². The molecule has 2 nitrogen and oxygen atoms in total. The van der Waals surface area contributed by atoms with E-state index in [9.17, 15) is 0 Å². The Hall–Kier alpha value is -0.600. The first kappa shape index (κ1) is 14.3. The first-order chi connectivity index (χ1) is 9.39. The molecule has 112 valence electrons. The molecule has 2 aliphatic heterocycles. The molecule has 5 atom stereocenters. The second kappa shape index (κ2) is 4.99. The molecule has 1 saturated heterocycles. The summed E-state index contributed by atoms with van der Waals surface area (Å²) < 4.78 is 7.48. The molecule has 3 aliphatic rings. The number of hydrogen-bond donors (Lipinski definition) is 0. The van der Waals surface area contributed by atoms with Crippen LogP contribution in [0.3, 0.4) is 0 Å². The number of rotatable bonds is 1. The fourth-order valence-corrected chi connectivity index (χ4v) is 4.73. The number of nitrogens with zero attached hydrogens (tertiary/aromatic N) is 1. The largest absolute Gasteiger partial charge is 0.373 e. The minimum atomic E-state index is 0.336. The maximum atomic E-state index is 6.37. The molecule has 1 aliphatic carbocycles. The smallest absolute Gasteiger partial charge is 0.102 e. The van der Waals surface area contributed by atoms with Gasteiger partial charge in [0, 0.05) is 17.9 Å². The van der Waals surface area contributed by atoms with E-state index in [1.54, 1.807) is 11.1 Å². The maximum Gasteiger partial charge on any atom is 0.102 e. The maximum absolute atomic E-state index is 6.37. The standard InChI is InChI=1S/C18H30NO/c1-12-9-13(2)17-14(3)16(12)11-20-18(17)15-7-6-8-19(4,5)10-15/h7,9,12,14,16-18H,6,8,10-11H2,1-5H3/q+1/t12-,14-,16+,17-,18-/m0/s1. The Balaban J connectivity index is 1.88. The average molecular weight is 276 g/mol. The Morgan fingerprint density at radius 1 is 1.25 bits per heavy atom. The zero-order valence-electron chi connectivity index (χ0n) is 13.7. The van der Waals surface area contributed by atoms with Crippen molar-refractivity contribution in [3.63, 3.8) is 0 Å². The molecule has 0 radical (unpaired) electrons. The van der Waals surface area contributed by atoms with Gasteiger partial charge in [0.2, 0.25) is 0 Å². The van der Waals surface area contributed by atoms with Crippen LogP contribution in [0.5, 0.6) is 0 Å². The molecule has 1 fully saturated rings. The van der Waals surface area contributed by atoms with E-state index in [1.807, 2.05) is 0 Å². The lowest BCUT2D eigenvalue weighted by Gasteiger charge is -2.49. The van der Waals surface area contributed by atoms with E-state index in [2.05, 4.69) is 47.0 Å². The Kier molecular flexibility index (Phi) is 3.58. The molecule has 2 heteroatoms. The molecular formula is C18H30NO+. The van der Waals surface area contributed by atoms with E-state index >= 15 is 0 Å². The molecule has 2 heterocycles. The highest BCUT2D eigenvalue weighted by Crippen LogP contribution is 2.46. The molecule has 0 aromatic carbocycles. The van der Waals surface area contributed by atoms with Gasteiger partial charge in [-0.1, -0.05) is 31.6 Å². The lowest BCUT2D eigenvalue weighted by atomic mass is 9.64. The fraction of sp³-hybridized carbons (Fsp3) is 0.778. The molecule has 0 aromatic rings. The van der Waals surface area contributed by atoms with Gasteiger partial charge >= 0.3 is 0 Å². The number of hydrogen-bond acceptors (Lipinski definition) is 1. The van der Waals surface area contributed by atoms with Crippen LogP contribution < -0.4 is 0 Å². The zero-order chi connectivity index (χ0) is 14.5. The summed E-state index contributed by atoms with van der Waals surface area (Å²) in [6.45, 7) is 10.5. The molecule has 0 saturated carbocycles. The van der Waals surface area contributed by atoms with Crippen molar-refractivity contribution in [2.24, 2.45) is 23.7 Å². The predicted octanol–water partition coefficient (Wildman–Crippen LogP) is 3.26. The van der Waals surface area contributed by atoms with Gasteiger partial charge in [-0.2, -0.15) is 0 Å². The van der Waals surface area contributed by atoms with Crippen LogP contribution in [-0.2, 0) is 4.74 Å². The van der Waals surface area contributed by atoms with Crippen molar-refractivity contribution in [3.8, 4) is 0 Å². The van der Waals surface area contributed by atoms with Gasteiger partial charge in [0.05, 0.1) is 33.4 Å². The zero-order valence-corrected chi connectivity index (χ0v) is 13.7. The Morgan fingerprint density at radius 3 is 2.70 bits per heavy atom. The van der Waals surface area contributed by atoms with E-state index in [-0.39, 0.29) is 0 Å². The lowest BCUT2D eigenvalue weighted by Crippen LogP contribution is -2.51. The molecule has 0 aromatic heterocycles. The Morgan fingerprint density at radius 2 is 2.00 bits per heavy atom. The molecule has 0 spiro atoms. The van der Waals surface area contributed by atoms with Gasteiger partial charge in [-0.3, -0.25) is 0 Å². The SMILES string of the molecule is CC1=C[C@H](C)[C@H]2CO[C@@H](C3=CCC[N+](C)(C)C3)[C@@H]1[C@H]2C. The molecule has 0 unspecified atom stereocenters. The van der Waals surface area contributed by atoms with Gasteiger partial charge in [-0.25, -0.2) is 0 Å². The third kappa shape index (κ3) is 2.37. The second-order valence-corrected chi connectivity index (χ2v) is 7.96. The second-order valence-electron chi connectivity index (χ2n) is 7.96. The topological polar surface area (TPSA) is 9.23 Å². The van der Waals surface area contributed by atoms with Gasteiger partial charge in [0.25, 0.3) is 0 Å². The monoisotopic (exact) mass is 276 g/mol. The predicted molar refractivity (Wildman–Crippen MR) is 83.3 cm³/mol. The summed E-state index contributed by atoms with van der Waals surface area (Å²) in [5.74, 6) is 2.75. The van der Waals surface area contributed by atoms with Crippen molar-refractivity contribution >= 4 is 0 Å². The van der Waals surface area contributed by atoms with Gasteiger partial charge in [0.1, 0.15) is 6.54 Å². The van der Waals surface area contributed by atoms with Crippen LogP contribution in [-0.4, -0.2) is 44.4 Å². The third-order valence-electron chi connectivity index (χ3n) is 5.88. The third-order valence-corrected chi connectivity index (χ3v) is 5.88. The van der Waals surface area contributed by atoms with Crippen molar-refractivity contribution in [1.82, 2.24) is 0 Å².